The van der Waals surface area contributed by atoms with Crippen LogP contribution in [0.25, 0.3) is 0 Å². The largest absolute Gasteiger partial charge is 0.503 e. The minimum Gasteiger partial charge on any atom is -0.503 e. The van der Waals surface area contributed by atoms with E-state index in [9.17, 15) is 69.3 Å². The van der Waals surface area contributed by atoms with Crippen LogP contribution in [0, 0.1) is 0 Å². The van der Waals surface area contributed by atoms with Gasteiger partial charge in [-0.15, -0.1) is 0 Å². The number of aromatic hydroxyl groups is 3. The van der Waals surface area contributed by atoms with Crippen molar-refractivity contribution in [3.63, 3.8) is 0 Å². The van der Waals surface area contributed by atoms with E-state index in [-0.39, 0.29) is 87.8 Å². The molecule has 0 radical (unpaired) electrons. The summed E-state index contributed by atoms with van der Waals surface area (Å²) in [5.74, 6) is -2.45. The third-order valence-corrected chi connectivity index (χ3v) is 11.5. The number of pyridine rings is 3. The van der Waals surface area contributed by atoms with Crippen LogP contribution in [0.15, 0.2) is 81.5 Å². The summed E-state index contributed by atoms with van der Waals surface area (Å²) in [6.45, 7) is -0.369. The summed E-state index contributed by atoms with van der Waals surface area (Å²) < 4.78 is 19.7. The zero-order valence-corrected chi connectivity index (χ0v) is 37.6. The van der Waals surface area contributed by atoms with Crippen molar-refractivity contribution in [1.82, 2.24) is 34.6 Å². The first-order valence-electron chi connectivity index (χ1n) is 21.2. The van der Waals surface area contributed by atoms with E-state index in [4.69, 9.17) is 14.2 Å². The molecular weight excluding hydrogens is 899 g/mol. The van der Waals surface area contributed by atoms with Crippen LogP contribution in [0.3, 0.4) is 0 Å². The van der Waals surface area contributed by atoms with Crippen LogP contribution in [-0.2, 0) is 39.4 Å². The Morgan fingerprint density at radius 3 is 1.21 bits per heavy atom. The van der Waals surface area contributed by atoms with E-state index in [1.54, 1.807) is 30.3 Å². The maximum atomic E-state index is 14.0. The first kappa shape index (κ1) is 53.0. The summed E-state index contributed by atoms with van der Waals surface area (Å²) >= 11 is 0. The molecule has 0 saturated heterocycles. The Bertz CT molecular complexity index is 2450. The van der Waals surface area contributed by atoms with Crippen LogP contribution < -0.4 is 32.2 Å². The molecule has 0 aliphatic rings. The Labute approximate surface area is 388 Å². The van der Waals surface area contributed by atoms with Crippen molar-refractivity contribution in [3.05, 3.63) is 120 Å². The summed E-state index contributed by atoms with van der Waals surface area (Å²) in [5, 5.41) is 82.2. The Hall–Kier alpha value is -7.57. The predicted octanol–water partition coefficient (Wildman–Crippen LogP) is 3.38. The summed E-state index contributed by atoms with van der Waals surface area (Å²) in [4.78, 5) is 90.9. The van der Waals surface area contributed by atoms with Crippen molar-refractivity contribution in [2.75, 3.05) is 47.7 Å². The number of nitrogens with zero attached hydrogens (tertiary/aromatic N) is 4. The lowest BCUT2D eigenvalue weighted by Gasteiger charge is -2.45. The molecule has 4 amide bonds. The lowest BCUT2D eigenvalue weighted by atomic mass is 9.77. The molecule has 370 valence electrons. The van der Waals surface area contributed by atoms with Gasteiger partial charge in [0, 0.05) is 84.3 Å². The highest BCUT2D eigenvalue weighted by atomic mass is 16.5. The molecule has 24 heteroatoms. The van der Waals surface area contributed by atoms with Gasteiger partial charge in [0.2, 0.25) is 16.3 Å². The highest BCUT2D eigenvalue weighted by molar-refractivity contribution is 5.68. The molecule has 3 atom stereocenters. The normalized spacial score (nSPS) is 13.4. The molecule has 3 heterocycles. The van der Waals surface area contributed by atoms with Crippen LogP contribution in [0.2, 0.25) is 0 Å². The van der Waals surface area contributed by atoms with Gasteiger partial charge in [-0.1, -0.05) is 30.3 Å². The molecule has 24 nitrogen and oxygen atoms in total. The average molecular weight is 956 g/mol. The third kappa shape index (κ3) is 13.3. The van der Waals surface area contributed by atoms with Crippen molar-refractivity contribution < 1.29 is 69.1 Å². The van der Waals surface area contributed by atoms with Crippen LogP contribution >= 0.6 is 0 Å². The van der Waals surface area contributed by atoms with E-state index >= 15 is 0 Å². The van der Waals surface area contributed by atoms with Crippen LogP contribution in [0.1, 0.15) is 72.9 Å². The predicted molar refractivity (Wildman–Crippen MR) is 240 cm³/mol. The summed E-state index contributed by atoms with van der Waals surface area (Å²) in [7, 11) is 4.19. The molecule has 10 N–H and O–H groups in total. The number of benzene rings is 1. The molecule has 4 aromatic rings. The molecule has 3 aromatic heterocycles. The van der Waals surface area contributed by atoms with E-state index in [1.165, 1.54) is 53.6 Å². The minimum absolute atomic E-state index is 0.0214. The zero-order chi connectivity index (χ0) is 50.1. The van der Waals surface area contributed by atoms with Crippen molar-refractivity contribution >= 4 is 24.4 Å². The maximum Gasteiger partial charge on any atom is 0.408 e. The summed E-state index contributed by atoms with van der Waals surface area (Å²) in [6.07, 6.45) is -4.46. The molecule has 0 aliphatic carbocycles. The van der Waals surface area contributed by atoms with Gasteiger partial charge in [0.1, 0.15) is 0 Å². The topological polar surface area (TPSA) is 343 Å². The number of carbonyl (C=O) groups is 4. The molecule has 0 aliphatic heterocycles. The Morgan fingerprint density at radius 1 is 0.559 bits per heavy atom. The van der Waals surface area contributed by atoms with Crippen molar-refractivity contribution in [2.24, 2.45) is 0 Å². The number of ether oxygens (including phenoxy) is 3. The minimum atomic E-state index is -1.91. The Balaban J connectivity index is 2.03. The van der Waals surface area contributed by atoms with E-state index < -0.39 is 94.5 Å². The molecule has 0 bridgehead atoms. The van der Waals surface area contributed by atoms with Gasteiger partial charge < -0.3 is 79.6 Å². The van der Waals surface area contributed by atoms with Gasteiger partial charge in [-0.2, -0.15) is 0 Å². The van der Waals surface area contributed by atoms with E-state index in [0.717, 1.165) is 23.1 Å². The number of rotatable bonds is 26. The van der Waals surface area contributed by atoms with Gasteiger partial charge >= 0.3 is 24.4 Å². The van der Waals surface area contributed by atoms with Crippen LogP contribution in [0.4, 0.5) is 19.2 Å². The SMILES string of the molecule is COCCn1ccc(=O)c(O)c1C(CCN(C(=O)O)C(CCC(NC(=O)O)c1c(O)c(=O)ccn1CCOC)(CCC(NC(=O)O)c1c(O)c(=O)ccn1CCOC)c1ccccc1)NC(=O)O. The number of hydrogen-bond donors (Lipinski definition) is 10. The first-order chi connectivity index (χ1) is 32.4. The van der Waals surface area contributed by atoms with Gasteiger partial charge in [-0.05, 0) is 37.7 Å². The van der Waals surface area contributed by atoms with Gasteiger partial charge in [0.25, 0.3) is 0 Å². The van der Waals surface area contributed by atoms with E-state index in [1.807, 2.05) is 0 Å². The zero-order valence-electron chi connectivity index (χ0n) is 37.6. The number of hydrogen-bond acceptors (Lipinski definition) is 13. The molecule has 4 rings (SSSR count). The second-order valence-electron chi connectivity index (χ2n) is 15.5. The van der Waals surface area contributed by atoms with Crippen molar-refractivity contribution in [1.29, 1.82) is 0 Å². The number of nitrogens with one attached hydrogen (secondary N) is 3. The second-order valence-corrected chi connectivity index (χ2v) is 15.5. The molecule has 0 saturated carbocycles. The number of carboxylic acid groups (broad SMARTS) is 4. The first-order valence-corrected chi connectivity index (χ1v) is 21.2. The number of methoxy groups -OCH3 is 3. The van der Waals surface area contributed by atoms with Crippen LogP contribution in [-0.4, -0.2) is 126 Å². The number of amides is 4. The molecule has 3 unspecified atom stereocenters. The molecule has 0 spiro atoms. The van der Waals surface area contributed by atoms with Gasteiger partial charge in [-0.25, -0.2) is 19.2 Å². The monoisotopic (exact) mass is 955 g/mol. The lowest BCUT2D eigenvalue weighted by molar-refractivity contribution is 0.0497. The standard InChI is InChI=1S/C44H57N7O17/c1-66-24-21-48-17-12-31(52)37(55)34(48)28(45-40(58)59)9-15-44(27-7-5-4-6-8-27,16-10-29(46-41(60)61)35-38(56)32(53)13-18-49(35)22-25-67-2)51(43(64)65)20-11-30(47-42(62)63)36-39(57)33(54)14-19-50(36)23-26-68-3/h4-8,12-14,17-19,28-30,45-47,55-57H,9-11,15-16,20-26H2,1-3H3,(H,58,59)(H,60,61)(H,62,63)(H,64,65). The van der Waals surface area contributed by atoms with Gasteiger partial charge in [0.15, 0.2) is 17.2 Å². The highest BCUT2D eigenvalue weighted by Gasteiger charge is 2.44. The van der Waals surface area contributed by atoms with E-state index in [0.29, 0.717) is 0 Å². The van der Waals surface area contributed by atoms with Crippen LogP contribution in [0.5, 0.6) is 17.2 Å². The number of aromatic nitrogens is 3. The van der Waals surface area contributed by atoms with Crippen molar-refractivity contribution in [2.45, 2.75) is 75.4 Å². The molecular formula is C44H57N7O17. The lowest BCUT2D eigenvalue weighted by Crippen LogP contribution is -2.51. The fourth-order valence-electron chi connectivity index (χ4n) is 8.37. The second kappa shape index (κ2) is 24.8. The fourth-order valence-corrected chi connectivity index (χ4v) is 8.37. The smallest absolute Gasteiger partial charge is 0.408 e. The van der Waals surface area contributed by atoms with Gasteiger partial charge in [-0.3, -0.25) is 19.3 Å². The van der Waals surface area contributed by atoms with Gasteiger partial charge in [0.05, 0.1) is 60.6 Å². The quantitative estimate of drug-likeness (QED) is 0.0431. The molecule has 68 heavy (non-hydrogen) atoms. The van der Waals surface area contributed by atoms with Crippen molar-refractivity contribution in [3.8, 4) is 17.2 Å². The summed E-state index contributed by atoms with van der Waals surface area (Å²) in [5.41, 5.74) is -4.85. The summed E-state index contributed by atoms with van der Waals surface area (Å²) in [6, 6.07) is 6.71. The third-order valence-electron chi connectivity index (χ3n) is 11.5. The maximum absolute atomic E-state index is 14.0. The fraction of sp³-hybridized carbons (Fsp3) is 0.432. The molecule has 1 aromatic carbocycles. The Kier molecular flexibility index (Phi) is 19.4. The average Bonchev–Trinajstić information content (AvgIpc) is 3.29. The Morgan fingerprint density at radius 2 is 0.897 bits per heavy atom. The highest BCUT2D eigenvalue weighted by Crippen LogP contribution is 2.43. The molecule has 0 fully saturated rings. The van der Waals surface area contributed by atoms with E-state index in [2.05, 4.69) is 16.0 Å².